The van der Waals surface area contributed by atoms with Gasteiger partial charge < -0.3 is 28.5 Å². The van der Waals surface area contributed by atoms with Crippen molar-refractivity contribution < 1.29 is 38.1 Å². The summed E-state index contributed by atoms with van der Waals surface area (Å²) in [6.45, 7) is 17.3. The molecule has 1 aliphatic heterocycles. The van der Waals surface area contributed by atoms with Gasteiger partial charge in [0.1, 0.15) is 23.7 Å². The van der Waals surface area contributed by atoms with Crippen LogP contribution in [0.15, 0.2) is 34.0 Å². The van der Waals surface area contributed by atoms with Crippen LogP contribution in [-0.2, 0) is 23.5 Å². The fraction of sp³-hybridized carbons (Fsp3) is 0.711. The minimum absolute atomic E-state index is 0.0232. The lowest BCUT2D eigenvalue weighted by Gasteiger charge is -2.40. The molecule has 1 aromatic heterocycles. The van der Waals surface area contributed by atoms with Crippen LogP contribution >= 0.6 is 0 Å². The van der Waals surface area contributed by atoms with Gasteiger partial charge in [0.2, 0.25) is 0 Å². The minimum atomic E-state index is -2.66. The number of ether oxygens (including phenoxy) is 3. The molecule has 0 aliphatic carbocycles. The molecule has 2 heterocycles. The molecule has 12 nitrogen and oxygen atoms in total. The molecule has 1 N–H and O–H groups in total. The summed E-state index contributed by atoms with van der Waals surface area (Å²) >= 11 is 0. The van der Waals surface area contributed by atoms with Crippen molar-refractivity contribution in [1.29, 1.82) is 0 Å². The van der Waals surface area contributed by atoms with Crippen molar-refractivity contribution in [3.8, 4) is 5.75 Å². The van der Waals surface area contributed by atoms with Crippen molar-refractivity contribution in [1.82, 2.24) is 9.13 Å². The number of aryl methyl sites for hydroxylation is 1. The zero-order valence-corrected chi connectivity index (χ0v) is 37.9. The second-order valence-corrected chi connectivity index (χ2v) is 22.3. The van der Waals surface area contributed by atoms with Crippen LogP contribution in [0.1, 0.15) is 165 Å². The van der Waals surface area contributed by atoms with Gasteiger partial charge in [-0.3, -0.25) is 19.0 Å². The van der Waals surface area contributed by atoms with E-state index >= 15 is 0 Å². The summed E-state index contributed by atoms with van der Waals surface area (Å²) in [5, 5.41) is 10.0. The van der Waals surface area contributed by atoms with Crippen molar-refractivity contribution in [3.63, 3.8) is 0 Å². The number of unbranched alkanes of at least 4 members (excludes halogenated alkanes) is 13. The summed E-state index contributed by atoms with van der Waals surface area (Å²) in [7, 11) is -2.66. The van der Waals surface area contributed by atoms with E-state index in [2.05, 4.69) is 6.92 Å². The molecule has 4 atom stereocenters. The Kier molecular flexibility index (Phi) is 19.8. The number of ketones is 1. The topological polar surface area (TPSA) is 152 Å². The largest absolute Gasteiger partial charge is 0.493 e. The Morgan fingerprint density at radius 3 is 1.95 bits per heavy atom. The van der Waals surface area contributed by atoms with Crippen LogP contribution < -0.4 is 16.0 Å². The summed E-state index contributed by atoms with van der Waals surface area (Å²) in [6, 6.07) is 4.31. The highest BCUT2D eigenvalue weighted by Crippen LogP contribution is 2.42. The third-order valence-corrected chi connectivity index (χ3v) is 16.2. The molecule has 1 aromatic carbocycles. The third kappa shape index (κ3) is 14.1. The van der Waals surface area contributed by atoms with E-state index in [1.807, 2.05) is 47.7 Å². The second kappa shape index (κ2) is 23.4. The Labute approximate surface area is 347 Å². The number of carbonyl (C=O) groups is 3. The molecule has 58 heavy (non-hydrogen) atoms. The molecule has 0 bridgehead atoms. The number of hydrogen-bond donors (Lipinski definition) is 1. The van der Waals surface area contributed by atoms with E-state index in [1.165, 1.54) is 83.7 Å². The lowest BCUT2D eigenvalue weighted by atomic mass is 10.0. The van der Waals surface area contributed by atoms with E-state index in [0.717, 1.165) is 41.0 Å². The Hall–Kier alpha value is -3.39. The number of rotatable bonds is 25. The summed E-state index contributed by atoms with van der Waals surface area (Å²) in [5.41, 5.74) is -0.0605. The molecule has 13 heteroatoms. The van der Waals surface area contributed by atoms with E-state index < -0.39 is 62.6 Å². The van der Waals surface area contributed by atoms with E-state index in [0.29, 0.717) is 16.9 Å². The van der Waals surface area contributed by atoms with Crippen molar-refractivity contribution in [2.45, 2.75) is 194 Å². The van der Waals surface area contributed by atoms with Gasteiger partial charge in [0.05, 0.1) is 19.6 Å². The number of aliphatic hydroxyl groups is 1. The van der Waals surface area contributed by atoms with Crippen LogP contribution in [0.3, 0.4) is 0 Å². The summed E-state index contributed by atoms with van der Waals surface area (Å²) in [4.78, 5) is 66.0. The first kappa shape index (κ1) is 49.0. The number of esters is 1. The van der Waals surface area contributed by atoms with Crippen LogP contribution in [0.2, 0.25) is 18.1 Å². The normalized spacial score (nSPS) is 18.4. The van der Waals surface area contributed by atoms with Gasteiger partial charge in [0.25, 0.3) is 11.5 Å². The smallest absolute Gasteiger partial charge is 0.340 e. The van der Waals surface area contributed by atoms with E-state index in [9.17, 15) is 29.1 Å². The Morgan fingerprint density at radius 1 is 0.845 bits per heavy atom. The highest BCUT2D eigenvalue weighted by Gasteiger charge is 2.53. The zero-order chi connectivity index (χ0) is 43.0. The first-order valence-corrected chi connectivity index (χ1v) is 24.6. The second-order valence-electron chi connectivity index (χ2n) is 17.6. The molecule has 3 rings (SSSR count). The Balaban J connectivity index is 1.75. The highest BCUT2D eigenvalue weighted by atomic mass is 28.4. The molecule has 2 aromatic rings. The average molecular weight is 829 g/mol. The van der Waals surface area contributed by atoms with Gasteiger partial charge in [-0.05, 0) is 68.6 Å². The first-order chi connectivity index (χ1) is 27.4. The van der Waals surface area contributed by atoms with Crippen LogP contribution in [-0.4, -0.2) is 71.7 Å². The third-order valence-electron chi connectivity index (χ3n) is 11.8. The fourth-order valence-corrected chi connectivity index (χ4v) is 8.22. The predicted octanol–water partition coefficient (Wildman–Crippen LogP) is 8.74. The van der Waals surface area contributed by atoms with Crippen molar-refractivity contribution in [2.75, 3.05) is 13.2 Å². The number of hydrogen-bond acceptors (Lipinski definition) is 10. The minimum Gasteiger partial charge on any atom is -0.493 e. The predicted molar refractivity (Wildman–Crippen MR) is 229 cm³/mol. The van der Waals surface area contributed by atoms with Crippen LogP contribution in [0.4, 0.5) is 0 Å². The fourth-order valence-electron chi connectivity index (χ4n) is 6.93. The SMILES string of the molecule is CCCCCCCCCCCCCCCCOc1cc(C(=O)n2c(=O)ccn([C@@H]3O[C@H](CO)C(OC(=O)CCC(C)=O)[C@@H]3O[Si](C)(C)C(C)(C)C)c2=O)cc(C)c1C. The first-order valence-electron chi connectivity index (χ1n) is 21.7. The number of nitrogens with zero attached hydrogens (tertiary/aromatic N) is 2. The van der Waals surface area contributed by atoms with Gasteiger partial charge in [-0.2, -0.15) is 4.57 Å². The van der Waals surface area contributed by atoms with Gasteiger partial charge in [-0.25, -0.2) is 4.79 Å². The summed E-state index contributed by atoms with van der Waals surface area (Å²) in [5.74, 6) is -1.18. The molecule has 0 amide bonds. The van der Waals surface area contributed by atoms with Crippen molar-refractivity contribution in [2.24, 2.45) is 0 Å². The van der Waals surface area contributed by atoms with Gasteiger partial charge in [-0.15, -0.1) is 0 Å². The lowest BCUT2D eigenvalue weighted by molar-refractivity contribution is -0.156. The molecule has 1 unspecified atom stereocenters. The Morgan fingerprint density at radius 2 is 1.41 bits per heavy atom. The maximum absolute atomic E-state index is 14.2. The van der Waals surface area contributed by atoms with Crippen molar-refractivity contribution >= 4 is 26.0 Å². The number of benzene rings is 1. The average Bonchev–Trinajstić information content (AvgIpc) is 3.48. The number of Topliss-reactive ketones (excluding diaryl/α,β-unsaturated/α-hetero) is 1. The zero-order valence-electron chi connectivity index (χ0n) is 36.9. The van der Waals surface area contributed by atoms with Crippen molar-refractivity contribution in [3.05, 3.63) is 61.9 Å². The van der Waals surface area contributed by atoms with Crippen LogP contribution in [0.25, 0.3) is 0 Å². The van der Waals surface area contributed by atoms with E-state index in [4.69, 9.17) is 18.6 Å². The molecule has 1 fully saturated rings. The molecule has 0 saturated carbocycles. The van der Waals surface area contributed by atoms with Gasteiger partial charge in [0, 0.05) is 24.2 Å². The maximum atomic E-state index is 14.2. The van der Waals surface area contributed by atoms with Gasteiger partial charge in [-0.1, -0.05) is 111 Å². The summed E-state index contributed by atoms with van der Waals surface area (Å²) in [6.07, 6.45) is 14.0. The monoisotopic (exact) mass is 828 g/mol. The standard InChI is InChI=1S/C45H72N2O10Si/c1-10-11-12-13-14-15-16-17-18-19-20-21-22-23-28-54-36-30-35(29-32(2)34(36)4)42(52)47-38(50)26-27-46(44(47)53)43-41(57-58(8,9)45(5,6)7)40(37(31-48)55-43)56-39(51)25-24-33(3)49/h26-27,29-30,37,40-41,43,48H,10-25,28,31H2,1-9H3/t37-,40?,41+,43-/m1/s1. The molecule has 326 valence electrons. The lowest BCUT2D eigenvalue weighted by Crippen LogP contribution is -2.51. The molecule has 1 aliphatic rings. The highest BCUT2D eigenvalue weighted by molar-refractivity contribution is 6.74. The molecule has 0 spiro atoms. The number of aliphatic hydroxyl groups excluding tert-OH is 1. The Bertz CT molecular complexity index is 1760. The number of carbonyl (C=O) groups excluding carboxylic acids is 3. The van der Waals surface area contributed by atoms with Gasteiger partial charge >= 0.3 is 11.7 Å². The quantitative estimate of drug-likeness (QED) is 0.0584. The molecule has 1 saturated heterocycles. The molecular formula is C45H72N2O10Si. The van der Waals surface area contributed by atoms with Gasteiger partial charge in [0.15, 0.2) is 20.6 Å². The number of aromatic nitrogens is 2. The molecule has 0 radical (unpaired) electrons. The molecular weight excluding hydrogens is 757 g/mol. The van der Waals surface area contributed by atoms with Crippen LogP contribution in [0.5, 0.6) is 5.75 Å². The van der Waals surface area contributed by atoms with E-state index in [-0.39, 0.29) is 29.2 Å². The van der Waals surface area contributed by atoms with E-state index in [1.54, 1.807) is 12.1 Å². The van der Waals surface area contributed by atoms with Crippen LogP contribution in [0, 0.1) is 13.8 Å². The maximum Gasteiger partial charge on any atom is 0.340 e. The summed E-state index contributed by atoms with van der Waals surface area (Å²) < 4.78 is 26.5.